The number of rotatable bonds is 7. The van der Waals surface area contributed by atoms with Gasteiger partial charge in [-0.1, -0.05) is 18.2 Å². The fraction of sp³-hybridized carbons (Fsp3) is 0.375. The Labute approximate surface area is 129 Å². The smallest absolute Gasteiger partial charge is 0.254 e. The summed E-state index contributed by atoms with van der Waals surface area (Å²) in [6.07, 6.45) is 3.53. The number of amides is 1. The van der Waals surface area contributed by atoms with Crippen molar-refractivity contribution >= 4 is 17.9 Å². The molecule has 6 nitrogen and oxygen atoms in total. The molecule has 2 rings (SSSR count). The number of allylic oxidation sites excluding steroid dienone is 1. The van der Waals surface area contributed by atoms with Crippen molar-refractivity contribution in [2.45, 2.75) is 18.4 Å². The lowest BCUT2D eigenvalue weighted by atomic mass is 10.0. The second-order valence-corrected chi connectivity index (χ2v) is 5.40. The van der Waals surface area contributed by atoms with Crippen molar-refractivity contribution in [3.63, 3.8) is 0 Å². The zero-order valence-corrected chi connectivity index (χ0v) is 12.7. The van der Waals surface area contributed by atoms with Crippen LogP contribution >= 0.6 is 0 Å². The number of likely N-dealkylation sites (N-methyl/N-ethyl adjacent to an activating group) is 1. The molecule has 0 heterocycles. The van der Waals surface area contributed by atoms with Crippen LogP contribution in [0.1, 0.15) is 28.8 Å². The van der Waals surface area contributed by atoms with Gasteiger partial charge in [-0.15, -0.1) is 0 Å². The maximum Gasteiger partial charge on any atom is 0.254 e. The number of ether oxygens (including phenoxy) is 1. The molecule has 0 aliphatic heterocycles. The fourth-order valence-corrected chi connectivity index (χ4v) is 2.55. The van der Waals surface area contributed by atoms with Crippen LogP contribution in [0, 0.1) is 0 Å². The second-order valence-electron chi connectivity index (χ2n) is 5.40. The number of aldehydes is 1. The van der Waals surface area contributed by atoms with Crippen molar-refractivity contribution < 1.29 is 19.5 Å². The first-order valence-electron chi connectivity index (χ1n) is 7.01. The SMILES string of the molecule is COCC1(N(C)C(=O)c2ccccc2C(=CC=O)NO)CC1. The van der Waals surface area contributed by atoms with Gasteiger partial charge >= 0.3 is 0 Å². The van der Waals surface area contributed by atoms with Crippen LogP contribution in [0.15, 0.2) is 30.3 Å². The maximum absolute atomic E-state index is 12.8. The summed E-state index contributed by atoms with van der Waals surface area (Å²) in [5.41, 5.74) is 2.79. The van der Waals surface area contributed by atoms with Gasteiger partial charge in [0.25, 0.3) is 5.91 Å². The largest absolute Gasteiger partial charge is 0.382 e. The average molecular weight is 304 g/mol. The Morgan fingerprint density at radius 1 is 1.41 bits per heavy atom. The monoisotopic (exact) mass is 304 g/mol. The first-order valence-corrected chi connectivity index (χ1v) is 7.01. The van der Waals surface area contributed by atoms with Crippen LogP contribution in [0.3, 0.4) is 0 Å². The quantitative estimate of drug-likeness (QED) is 0.453. The molecule has 0 aromatic heterocycles. The number of nitrogens with zero attached hydrogens (tertiary/aromatic N) is 1. The molecule has 1 aromatic rings. The molecule has 1 aromatic carbocycles. The number of nitrogens with one attached hydrogen (secondary N) is 1. The topological polar surface area (TPSA) is 78.9 Å². The predicted molar refractivity (Wildman–Crippen MR) is 81.3 cm³/mol. The summed E-state index contributed by atoms with van der Waals surface area (Å²) < 4.78 is 5.21. The van der Waals surface area contributed by atoms with E-state index >= 15 is 0 Å². The summed E-state index contributed by atoms with van der Waals surface area (Å²) in [4.78, 5) is 25.2. The van der Waals surface area contributed by atoms with Gasteiger partial charge in [0, 0.05) is 31.4 Å². The highest BCUT2D eigenvalue weighted by Gasteiger charge is 2.48. The van der Waals surface area contributed by atoms with Crippen LogP contribution in [0.2, 0.25) is 0 Å². The normalized spacial score (nSPS) is 16.0. The third kappa shape index (κ3) is 3.03. The van der Waals surface area contributed by atoms with Gasteiger partial charge in [-0.05, 0) is 18.9 Å². The molecule has 1 aliphatic rings. The zero-order chi connectivity index (χ0) is 16.2. The van der Waals surface area contributed by atoms with E-state index in [4.69, 9.17) is 4.74 Å². The molecule has 0 radical (unpaired) electrons. The number of hydroxylamine groups is 1. The molecule has 22 heavy (non-hydrogen) atoms. The van der Waals surface area contributed by atoms with Crippen molar-refractivity contribution in [2.75, 3.05) is 20.8 Å². The van der Waals surface area contributed by atoms with Crippen LogP contribution in [0.4, 0.5) is 0 Å². The highest BCUT2D eigenvalue weighted by Crippen LogP contribution is 2.42. The highest BCUT2D eigenvalue weighted by molar-refractivity contribution is 6.00. The highest BCUT2D eigenvalue weighted by atomic mass is 16.5. The Bertz CT molecular complexity index is 594. The van der Waals surface area contributed by atoms with E-state index < -0.39 is 0 Å². The zero-order valence-electron chi connectivity index (χ0n) is 12.7. The molecule has 0 unspecified atom stereocenters. The van der Waals surface area contributed by atoms with Crippen LogP contribution in [0.25, 0.3) is 5.70 Å². The molecular weight excluding hydrogens is 284 g/mol. The number of carbonyl (C=O) groups excluding carboxylic acids is 2. The lowest BCUT2D eigenvalue weighted by Crippen LogP contribution is -2.42. The fourth-order valence-electron chi connectivity index (χ4n) is 2.55. The minimum atomic E-state index is -0.250. The molecule has 118 valence electrons. The first-order chi connectivity index (χ1) is 10.6. The van der Waals surface area contributed by atoms with E-state index in [2.05, 4.69) is 0 Å². The Morgan fingerprint density at radius 2 is 2.05 bits per heavy atom. The summed E-state index contributed by atoms with van der Waals surface area (Å²) in [5.74, 6) is -0.169. The molecule has 2 N–H and O–H groups in total. The minimum Gasteiger partial charge on any atom is -0.382 e. The summed E-state index contributed by atoms with van der Waals surface area (Å²) in [5, 5.41) is 9.19. The van der Waals surface area contributed by atoms with Crippen molar-refractivity contribution in [1.82, 2.24) is 10.4 Å². The molecular formula is C16H20N2O4. The number of benzene rings is 1. The van der Waals surface area contributed by atoms with Gasteiger partial charge in [-0.2, -0.15) is 0 Å². The third-order valence-electron chi connectivity index (χ3n) is 4.06. The summed E-state index contributed by atoms with van der Waals surface area (Å²) in [6, 6.07) is 6.84. The molecule has 6 heteroatoms. The third-order valence-corrected chi connectivity index (χ3v) is 4.06. The van der Waals surface area contributed by atoms with Crippen molar-refractivity contribution in [3.8, 4) is 0 Å². The lowest BCUT2D eigenvalue weighted by Gasteiger charge is -2.28. The standard InChI is InChI=1S/C16H20N2O4/c1-18(16(8-9-16)11-22-2)15(20)13-6-4-3-5-12(13)14(17-21)7-10-19/h3-7,10,17,21H,8-9,11H2,1-2H3. The molecule has 0 saturated heterocycles. The lowest BCUT2D eigenvalue weighted by molar-refractivity contribution is -0.104. The molecule has 1 fully saturated rings. The number of methoxy groups -OCH3 is 1. The maximum atomic E-state index is 12.8. The molecule has 0 bridgehead atoms. The molecule has 0 spiro atoms. The number of hydrogen-bond donors (Lipinski definition) is 2. The number of carbonyl (C=O) groups is 2. The van der Waals surface area contributed by atoms with Gasteiger partial charge in [-0.25, -0.2) is 0 Å². The van der Waals surface area contributed by atoms with Crippen molar-refractivity contribution in [3.05, 3.63) is 41.5 Å². The molecule has 1 amide bonds. The van der Waals surface area contributed by atoms with Crippen LogP contribution in [-0.4, -0.2) is 48.6 Å². The Balaban J connectivity index is 2.35. The van der Waals surface area contributed by atoms with Crippen LogP contribution in [0.5, 0.6) is 0 Å². The minimum absolute atomic E-state index is 0.169. The average Bonchev–Trinajstić information content (AvgIpc) is 3.32. The van der Waals surface area contributed by atoms with Crippen molar-refractivity contribution in [2.24, 2.45) is 0 Å². The van der Waals surface area contributed by atoms with E-state index in [0.717, 1.165) is 12.8 Å². The van der Waals surface area contributed by atoms with E-state index in [-0.39, 0.29) is 17.1 Å². The molecule has 0 atom stereocenters. The van der Waals surface area contributed by atoms with Crippen LogP contribution in [-0.2, 0) is 9.53 Å². The van der Waals surface area contributed by atoms with Gasteiger partial charge in [0.05, 0.1) is 17.8 Å². The number of hydrogen-bond acceptors (Lipinski definition) is 5. The van der Waals surface area contributed by atoms with E-state index in [1.54, 1.807) is 43.3 Å². The van der Waals surface area contributed by atoms with E-state index in [9.17, 15) is 14.8 Å². The van der Waals surface area contributed by atoms with Gasteiger partial charge in [0.2, 0.25) is 0 Å². The van der Waals surface area contributed by atoms with Crippen LogP contribution < -0.4 is 5.48 Å². The Hall–Kier alpha value is -2.18. The first kappa shape index (κ1) is 16.2. The van der Waals surface area contributed by atoms with E-state index in [0.29, 0.717) is 24.0 Å². The van der Waals surface area contributed by atoms with E-state index in [1.807, 2.05) is 5.48 Å². The van der Waals surface area contributed by atoms with Gasteiger partial charge in [0.1, 0.15) is 6.29 Å². The van der Waals surface area contributed by atoms with Gasteiger partial charge in [-0.3, -0.25) is 20.3 Å². The Morgan fingerprint density at radius 3 is 2.55 bits per heavy atom. The van der Waals surface area contributed by atoms with E-state index in [1.165, 1.54) is 6.08 Å². The molecule has 1 aliphatic carbocycles. The second kappa shape index (κ2) is 6.72. The van der Waals surface area contributed by atoms with Gasteiger partial charge in [0.15, 0.2) is 0 Å². The Kier molecular flexibility index (Phi) is 4.95. The van der Waals surface area contributed by atoms with Crippen molar-refractivity contribution in [1.29, 1.82) is 0 Å². The summed E-state index contributed by atoms with van der Waals surface area (Å²) in [6.45, 7) is 0.493. The summed E-state index contributed by atoms with van der Waals surface area (Å²) in [7, 11) is 3.37. The summed E-state index contributed by atoms with van der Waals surface area (Å²) >= 11 is 0. The van der Waals surface area contributed by atoms with Gasteiger partial charge < -0.3 is 9.64 Å². The molecule has 1 saturated carbocycles. The predicted octanol–water partition coefficient (Wildman–Crippen LogP) is 1.46.